The van der Waals surface area contributed by atoms with Gasteiger partial charge in [0.05, 0.1) is 0 Å². The fourth-order valence-corrected chi connectivity index (χ4v) is 4.03. The van der Waals surface area contributed by atoms with Crippen LogP contribution in [0.25, 0.3) is 0 Å². The highest BCUT2D eigenvalue weighted by molar-refractivity contribution is 7.89. The van der Waals surface area contributed by atoms with Crippen LogP contribution >= 0.6 is 0 Å². The third kappa shape index (κ3) is 2.90. The van der Waals surface area contributed by atoms with Gasteiger partial charge >= 0.3 is 0 Å². The molecule has 0 aliphatic carbocycles. The van der Waals surface area contributed by atoms with Gasteiger partial charge in [-0.3, -0.25) is 0 Å². The largest absolute Gasteiger partial charge is 0.381 e. The van der Waals surface area contributed by atoms with Gasteiger partial charge in [0, 0.05) is 51.3 Å². The third-order valence-corrected chi connectivity index (χ3v) is 5.77. The number of nitrogens with zero attached hydrogens (tertiary/aromatic N) is 2. The number of sulfonamides is 1. The van der Waals surface area contributed by atoms with Crippen molar-refractivity contribution in [2.75, 3.05) is 20.3 Å². The normalized spacial score (nSPS) is 17.8. The van der Waals surface area contributed by atoms with Crippen LogP contribution in [-0.4, -0.2) is 43.6 Å². The number of aryl methyl sites for hydroxylation is 1. The number of rotatable bonds is 5. The van der Waals surface area contributed by atoms with Crippen molar-refractivity contribution in [3.8, 4) is 0 Å². The molecule has 114 valence electrons. The number of ether oxygens (including phenoxy) is 1. The first-order chi connectivity index (χ1) is 9.50. The Kier molecular flexibility index (Phi) is 4.85. The quantitative estimate of drug-likeness (QED) is 0.871. The molecule has 1 aromatic rings. The zero-order valence-electron chi connectivity index (χ0n) is 12.1. The molecule has 0 bridgehead atoms. The van der Waals surface area contributed by atoms with Gasteiger partial charge in [0.1, 0.15) is 4.90 Å². The highest BCUT2D eigenvalue weighted by atomic mass is 32.2. The summed E-state index contributed by atoms with van der Waals surface area (Å²) in [5.41, 5.74) is 6.50. The van der Waals surface area contributed by atoms with Crippen LogP contribution < -0.4 is 5.73 Å². The van der Waals surface area contributed by atoms with Gasteiger partial charge in [-0.15, -0.1) is 0 Å². The lowest BCUT2D eigenvalue weighted by molar-refractivity contribution is 0.0632. The van der Waals surface area contributed by atoms with Gasteiger partial charge in [-0.1, -0.05) is 0 Å². The van der Waals surface area contributed by atoms with Gasteiger partial charge in [0.2, 0.25) is 10.0 Å². The number of hydrogen-bond donors (Lipinski definition) is 1. The first kappa shape index (κ1) is 15.5. The minimum atomic E-state index is -3.46. The van der Waals surface area contributed by atoms with E-state index in [2.05, 4.69) is 0 Å². The SMILES string of the molecule is CCn1cc(S(=O)(=O)N(C)C2CCOCC2)cc1CN. The third-order valence-electron chi connectivity index (χ3n) is 3.89. The molecule has 0 radical (unpaired) electrons. The van der Waals surface area contributed by atoms with Crippen LogP contribution in [0, 0.1) is 0 Å². The molecule has 0 saturated carbocycles. The molecular formula is C13H23N3O3S. The van der Waals surface area contributed by atoms with E-state index in [1.165, 1.54) is 4.31 Å². The average Bonchev–Trinajstić information content (AvgIpc) is 2.91. The molecule has 0 spiro atoms. The van der Waals surface area contributed by atoms with Crippen molar-refractivity contribution in [1.29, 1.82) is 0 Å². The molecule has 0 unspecified atom stereocenters. The lowest BCUT2D eigenvalue weighted by Crippen LogP contribution is -2.40. The van der Waals surface area contributed by atoms with Crippen LogP contribution in [0.2, 0.25) is 0 Å². The van der Waals surface area contributed by atoms with E-state index in [4.69, 9.17) is 10.5 Å². The number of nitrogens with two attached hydrogens (primary N) is 1. The summed E-state index contributed by atoms with van der Waals surface area (Å²) < 4.78 is 34.0. The molecule has 1 aliphatic heterocycles. The lowest BCUT2D eigenvalue weighted by atomic mass is 10.1. The van der Waals surface area contributed by atoms with Crippen molar-refractivity contribution in [2.45, 2.75) is 43.8 Å². The maximum absolute atomic E-state index is 12.7. The molecule has 1 aromatic heterocycles. The van der Waals surface area contributed by atoms with Gasteiger partial charge in [0.25, 0.3) is 0 Å². The van der Waals surface area contributed by atoms with E-state index in [0.717, 1.165) is 18.5 Å². The van der Waals surface area contributed by atoms with Gasteiger partial charge in [-0.2, -0.15) is 4.31 Å². The molecule has 20 heavy (non-hydrogen) atoms. The molecule has 1 saturated heterocycles. The summed E-state index contributed by atoms with van der Waals surface area (Å²) in [7, 11) is -1.81. The van der Waals surface area contributed by atoms with Crippen LogP contribution in [0.15, 0.2) is 17.2 Å². The topological polar surface area (TPSA) is 77.6 Å². The molecule has 7 heteroatoms. The Balaban J connectivity index is 2.26. The monoisotopic (exact) mass is 301 g/mol. The molecule has 1 fully saturated rings. The van der Waals surface area contributed by atoms with Gasteiger partial charge in [0.15, 0.2) is 0 Å². The zero-order chi connectivity index (χ0) is 14.8. The molecule has 2 heterocycles. The van der Waals surface area contributed by atoms with Crippen molar-refractivity contribution in [3.63, 3.8) is 0 Å². The van der Waals surface area contributed by atoms with E-state index >= 15 is 0 Å². The zero-order valence-corrected chi connectivity index (χ0v) is 12.9. The predicted molar refractivity (Wildman–Crippen MR) is 76.8 cm³/mol. The second-order valence-electron chi connectivity index (χ2n) is 5.02. The van der Waals surface area contributed by atoms with E-state index < -0.39 is 10.0 Å². The highest BCUT2D eigenvalue weighted by Gasteiger charge is 2.30. The van der Waals surface area contributed by atoms with Crippen molar-refractivity contribution in [3.05, 3.63) is 18.0 Å². The second kappa shape index (κ2) is 6.26. The van der Waals surface area contributed by atoms with E-state index in [1.807, 2.05) is 11.5 Å². The Morgan fingerprint density at radius 3 is 2.60 bits per heavy atom. The Labute approximate surface area is 120 Å². The van der Waals surface area contributed by atoms with Gasteiger partial charge in [-0.05, 0) is 25.8 Å². The molecular weight excluding hydrogens is 278 g/mol. The fraction of sp³-hybridized carbons (Fsp3) is 0.692. The molecule has 2 N–H and O–H groups in total. The predicted octanol–water partition coefficient (Wildman–Crippen LogP) is 0.766. The van der Waals surface area contributed by atoms with Crippen molar-refractivity contribution < 1.29 is 13.2 Å². The van der Waals surface area contributed by atoms with Crippen molar-refractivity contribution >= 4 is 10.0 Å². The van der Waals surface area contributed by atoms with Crippen LogP contribution in [0.5, 0.6) is 0 Å². The summed E-state index contributed by atoms with van der Waals surface area (Å²) in [6.07, 6.45) is 3.16. The standard InChI is InChI=1S/C13H23N3O3S/c1-3-16-10-13(8-12(16)9-14)20(17,18)15(2)11-4-6-19-7-5-11/h8,10-11H,3-7,9,14H2,1-2H3. The van der Waals surface area contributed by atoms with Crippen molar-refractivity contribution in [1.82, 2.24) is 8.87 Å². The summed E-state index contributed by atoms with van der Waals surface area (Å²) in [5.74, 6) is 0. The molecule has 0 amide bonds. The minimum Gasteiger partial charge on any atom is -0.381 e. The Hall–Kier alpha value is -0.890. The van der Waals surface area contributed by atoms with E-state index in [0.29, 0.717) is 31.2 Å². The Morgan fingerprint density at radius 1 is 1.45 bits per heavy atom. The highest BCUT2D eigenvalue weighted by Crippen LogP contribution is 2.23. The molecule has 1 aliphatic rings. The van der Waals surface area contributed by atoms with Gasteiger partial charge < -0.3 is 15.0 Å². The first-order valence-corrected chi connectivity index (χ1v) is 8.39. The van der Waals surface area contributed by atoms with Crippen LogP contribution in [-0.2, 0) is 27.8 Å². The van der Waals surface area contributed by atoms with Crippen LogP contribution in [0.1, 0.15) is 25.5 Å². The number of hydrogen-bond acceptors (Lipinski definition) is 4. The maximum Gasteiger partial charge on any atom is 0.244 e. The Bertz CT molecular complexity index is 526. The first-order valence-electron chi connectivity index (χ1n) is 6.95. The second-order valence-corrected chi connectivity index (χ2v) is 7.02. The van der Waals surface area contributed by atoms with E-state index in [9.17, 15) is 8.42 Å². The Morgan fingerprint density at radius 2 is 2.10 bits per heavy atom. The number of aromatic nitrogens is 1. The van der Waals surface area contributed by atoms with Gasteiger partial charge in [-0.25, -0.2) is 8.42 Å². The summed E-state index contributed by atoms with van der Waals surface area (Å²) in [6.45, 7) is 4.26. The summed E-state index contributed by atoms with van der Waals surface area (Å²) in [4.78, 5) is 0.328. The average molecular weight is 301 g/mol. The molecule has 0 atom stereocenters. The summed E-state index contributed by atoms with van der Waals surface area (Å²) >= 11 is 0. The van der Waals surface area contributed by atoms with Crippen molar-refractivity contribution in [2.24, 2.45) is 5.73 Å². The maximum atomic E-state index is 12.7. The molecule has 2 rings (SSSR count). The van der Waals surface area contributed by atoms with Crippen LogP contribution in [0.4, 0.5) is 0 Å². The fourth-order valence-electron chi connectivity index (χ4n) is 2.54. The smallest absolute Gasteiger partial charge is 0.244 e. The molecule has 0 aromatic carbocycles. The summed E-state index contributed by atoms with van der Waals surface area (Å²) in [5, 5.41) is 0. The van der Waals surface area contributed by atoms with E-state index in [1.54, 1.807) is 19.3 Å². The minimum absolute atomic E-state index is 0.0139. The van der Waals surface area contributed by atoms with E-state index in [-0.39, 0.29) is 6.04 Å². The molecule has 6 nitrogen and oxygen atoms in total. The summed E-state index contributed by atoms with van der Waals surface area (Å²) in [6, 6.07) is 1.69. The van der Waals surface area contributed by atoms with Crippen LogP contribution in [0.3, 0.4) is 0 Å². The lowest BCUT2D eigenvalue weighted by Gasteiger charge is -2.30.